The van der Waals surface area contributed by atoms with Gasteiger partial charge >= 0.3 is 0 Å². The Hall–Kier alpha value is -0.870. The van der Waals surface area contributed by atoms with E-state index in [1.807, 2.05) is 6.07 Å². The van der Waals surface area contributed by atoms with E-state index >= 15 is 0 Å². The molecule has 1 heterocycles. The lowest BCUT2D eigenvalue weighted by Crippen LogP contribution is -2.25. The maximum Gasteiger partial charge on any atom is 0.134 e. The quantitative estimate of drug-likeness (QED) is 0.663. The van der Waals surface area contributed by atoms with E-state index in [2.05, 4.69) is 47.9 Å². The van der Waals surface area contributed by atoms with Gasteiger partial charge in [0.15, 0.2) is 0 Å². The minimum atomic E-state index is 0.390. The summed E-state index contributed by atoms with van der Waals surface area (Å²) in [5.74, 6) is 1.66. The van der Waals surface area contributed by atoms with Gasteiger partial charge in [-0.15, -0.1) is 0 Å². The van der Waals surface area contributed by atoms with E-state index in [9.17, 15) is 0 Å². The van der Waals surface area contributed by atoms with Gasteiger partial charge in [-0.25, -0.2) is 9.97 Å². The number of anilines is 1. The molecule has 0 fully saturated rings. The van der Waals surface area contributed by atoms with Crippen molar-refractivity contribution in [2.24, 2.45) is 0 Å². The van der Waals surface area contributed by atoms with Crippen molar-refractivity contribution in [1.82, 2.24) is 14.9 Å². The number of hydrogen-bond donors (Lipinski definition) is 1. The van der Waals surface area contributed by atoms with Crippen LogP contribution in [0.15, 0.2) is 6.07 Å². The first kappa shape index (κ1) is 18.2. The standard InChI is InChI=1S/C16H29ClN4/c1-5-9-15-19-14(17)12-16(20-15)18-13(4)10-8-11-21(6-2)7-3/h12-13H,5-11H2,1-4H3,(H,18,19,20). The van der Waals surface area contributed by atoms with Crippen LogP contribution in [0.5, 0.6) is 0 Å². The second-order valence-corrected chi connectivity index (χ2v) is 5.84. The van der Waals surface area contributed by atoms with E-state index in [1.54, 1.807) is 0 Å². The van der Waals surface area contributed by atoms with Gasteiger partial charge in [-0.2, -0.15) is 0 Å². The van der Waals surface area contributed by atoms with Crippen molar-refractivity contribution in [3.63, 3.8) is 0 Å². The van der Waals surface area contributed by atoms with Crippen LogP contribution in [-0.2, 0) is 6.42 Å². The smallest absolute Gasteiger partial charge is 0.134 e. The van der Waals surface area contributed by atoms with Gasteiger partial charge in [0, 0.05) is 18.5 Å². The third-order valence-electron chi connectivity index (χ3n) is 3.61. The zero-order valence-electron chi connectivity index (χ0n) is 13.8. The van der Waals surface area contributed by atoms with Crippen LogP contribution in [0.25, 0.3) is 0 Å². The van der Waals surface area contributed by atoms with Crippen molar-refractivity contribution < 1.29 is 0 Å². The van der Waals surface area contributed by atoms with Gasteiger partial charge in [0.25, 0.3) is 0 Å². The third-order valence-corrected chi connectivity index (χ3v) is 3.81. The first-order valence-electron chi connectivity index (χ1n) is 8.11. The predicted octanol–water partition coefficient (Wildman–Crippen LogP) is 4.00. The normalized spacial score (nSPS) is 12.7. The first-order chi connectivity index (χ1) is 10.1. The Morgan fingerprint density at radius 2 is 1.95 bits per heavy atom. The molecule has 0 bridgehead atoms. The first-order valence-corrected chi connectivity index (χ1v) is 8.49. The van der Waals surface area contributed by atoms with E-state index in [-0.39, 0.29) is 0 Å². The van der Waals surface area contributed by atoms with E-state index in [1.165, 1.54) is 6.42 Å². The van der Waals surface area contributed by atoms with Gasteiger partial charge in [-0.3, -0.25) is 0 Å². The van der Waals surface area contributed by atoms with E-state index in [4.69, 9.17) is 11.6 Å². The predicted molar refractivity (Wildman–Crippen MR) is 91.1 cm³/mol. The van der Waals surface area contributed by atoms with Crippen molar-refractivity contribution in [3.8, 4) is 0 Å². The Morgan fingerprint density at radius 1 is 1.24 bits per heavy atom. The van der Waals surface area contributed by atoms with Crippen LogP contribution >= 0.6 is 11.6 Å². The summed E-state index contributed by atoms with van der Waals surface area (Å²) >= 11 is 6.05. The second-order valence-electron chi connectivity index (χ2n) is 5.46. The minimum Gasteiger partial charge on any atom is -0.367 e. The van der Waals surface area contributed by atoms with Gasteiger partial charge < -0.3 is 10.2 Å². The minimum absolute atomic E-state index is 0.390. The van der Waals surface area contributed by atoms with Crippen molar-refractivity contribution in [2.75, 3.05) is 25.0 Å². The van der Waals surface area contributed by atoms with Gasteiger partial charge in [0.2, 0.25) is 0 Å². The molecule has 120 valence electrons. The number of aryl methyl sites for hydroxylation is 1. The summed E-state index contributed by atoms with van der Waals surface area (Å²) in [4.78, 5) is 11.2. The van der Waals surface area contributed by atoms with Crippen molar-refractivity contribution >= 4 is 17.4 Å². The molecule has 0 saturated carbocycles. The molecule has 1 rings (SSSR count). The molecule has 0 radical (unpaired) electrons. The molecule has 1 atom stereocenters. The molecule has 5 heteroatoms. The Bertz CT molecular complexity index is 407. The third kappa shape index (κ3) is 7.09. The number of hydrogen-bond acceptors (Lipinski definition) is 4. The van der Waals surface area contributed by atoms with Crippen molar-refractivity contribution in [1.29, 1.82) is 0 Å². The maximum absolute atomic E-state index is 6.05. The molecule has 0 saturated heterocycles. The second kappa shape index (κ2) is 9.96. The highest BCUT2D eigenvalue weighted by Gasteiger charge is 2.07. The van der Waals surface area contributed by atoms with Gasteiger partial charge in [0.05, 0.1) is 0 Å². The zero-order valence-corrected chi connectivity index (χ0v) is 14.6. The van der Waals surface area contributed by atoms with Gasteiger partial charge in [0.1, 0.15) is 16.8 Å². The van der Waals surface area contributed by atoms with Gasteiger partial charge in [-0.05, 0) is 45.8 Å². The average molecular weight is 313 g/mol. The molecule has 1 aromatic rings. The Kier molecular flexibility index (Phi) is 8.62. The fourth-order valence-electron chi connectivity index (χ4n) is 2.36. The van der Waals surface area contributed by atoms with Crippen molar-refractivity contribution in [2.45, 2.75) is 59.4 Å². The molecule has 0 aliphatic rings. The number of halogens is 1. The Morgan fingerprint density at radius 3 is 2.57 bits per heavy atom. The molecule has 0 spiro atoms. The lowest BCUT2D eigenvalue weighted by atomic mass is 10.1. The molecular weight excluding hydrogens is 284 g/mol. The number of aromatic nitrogens is 2. The van der Waals surface area contributed by atoms with Crippen LogP contribution < -0.4 is 5.32 Å². The van der Waals surface area contributed by atoms with Crippen LogP contribution in [0.3, 0.4) is 0 Å². The van der Waals surface area contributed by atoms with Crippen LogP contribution in [0, 0.1) is 0 Å². The molecule has 0 aliphatic heterocycles. The molecule has 1 N–H and O–H groups in total. The zero-order chi connectivity index (χ0) is 15.7. The van der Waals surface area contributed by atoms with E-state index < -0.39 is 0 Å². The van der Waals surface area contributed by atoms with E-state index in [0.29, 0.717) is 11.2 Å². The molecule has 1 unspecified atom stereocenters. The maximum atomic E-state index is 6.05. The lowest BCUT2D eigenvalue weighted by Gasteiger charge is -2.20. The van der Waals surface area contributed by atoms with E-state index in [0.717, 1.165) is 50.5 Å². The molecule has 1 aromatic heterocycles. The molecule has 21 heavy (non-hydrogen) atoms. The summed E-state index contributed by atoms with van der Waals surface area (Å²) in [6.07, 6.45) is 4.21. The van der Waals surface area contributed by atoms with Crippen LogP contribution in [-0.4, -0.2) is 40.5 Å². The molecule has 0 aromatic carbocycles. The fraction of sp³-hybridized carbons (Fsp3) is 0.750. The Labute approximate surface area is 134 Å². The molecular formula is C16H29ClN4. The van der Waals surface area contributed by atoms with Crippen LogP contribution in [0.2, 0.25) is 5.15 Å². The molecule has 4 nitrogen and oxygen atoms in total. The molecule has 0 amide bonds. The highest BCUT2D eigenvalue weighted by atomic mass is 35.5. The summed E-state index contributed by atoms with van der Waals surface area (Å²) < 4.78 is 0. The van der Waals surface area contributed by atoms with Crippen LogP contribution in [0.4, 0.5) is 5.82 Å². The largest absolute Gasteiger partial charge is 0.367 e. The summed E-state index contributed by atoms with van der Waals surface area (Å²) in [5.41, 5.74) is 0. The highest BCUT2D eigenvalue weighted by molar-refractivity contribution is 6.29. The van der Waals surface area contributed by atoms with Crippen LogP contribution in [0.1, 0.15) is 52.8 Å². The highest BCUT2D eigenvalue weighted by Crippen LogP contribution is 2.14. The summed E-state index contributed by atoms with van der Waals surface area (Å²) in [5, 5.41) is 3.96. The summed E-state index contributed by atoms with van der Waals surface area (Å²) in [6, 6.07) is 2.20. The SMILES string of the molecule is CCCc1nc(Cl)cc(NC(C)CCCN(CC)CC)n1. The monoisotopic (exact) mass is 312 g/mol. The average Bonchev–Trinajstić information content (AvgIpc) is 2.43. The Balaban J connectivity index is 2.45. The summed E-state index contributed by atoms with van der Waals surface area (Å²) in [7, 11) is 0. The molecule has 0 aliphatic carbocycles. The summed E-state index contributed by atoms with van der Waals surface area (Å²) in [6.45, 7) is 12.1. The topological polar surface area (TPSA) is 41.1 Å². The lowest BCUT2D eigenvalue weighted by molar-refractivity contribution is 0.295. The number of rotatable bonds is 10. The number of nitrogens with one attached hydrogen (secondary N) is 1. The van der Waals surface area contributed by atoms with Crippen molar-refractivity contribution in [3.05, 3.63) is 17.0 Å². The fourth-order valence-corrected chi connectivity index (χ4v) is 2.56. The van der Waals surface area contributed by atoms with Gasteiger partial charge in [-0.1, -0.05) is 32.4 Å². The number of nitrogens with zero attached hydrogens (tertiary/aromatic N) is 3.